The maximum absolute atomic E-state index is 5.15. The van der Waals surface area contributed by atoms with E-state index in [-0.39, 0.29) is 0 Å². The molecule has 0 aliphatic carbocycles. The second-order valence-electron chi connectivity index (χ2n) is 4.81. The van der Waals surface area contributed by atoms with Gasteiger partial charge in [-0.15, -0.1) is 23.5 Å². The SMILES string of the molecule is CSC(=S)Nc1ccc(/C=C/c2ccc(NC(=S)SC)cc2)cc1. The molecule has 2 rings (SSSR count). The molecule has 2 aromatic carbocycles. The van der Waals surface area contributed by atoms with E-state index in [9.17, 15) is 0 Å². The summed E-state index contributed by atoms with van der Waals surface area (Å²) in [7, 11) is 0. The predicted octanol–water partition coefficient (Wildman–Crippen LogP) is 5.98. The van der Waals surface area contributed by atoms with E-state index in [2.05, 4.69) is 47.1 Å². The van der Waals surface area contributed by atoms with Crippen molar-refractivity contribution in [1.29, 1.82) is 0 Å². The van der Waals surface area contributed by atoms with Crippen LogP contribution in [0.4, 0.5) is 11.4 Å². The van der Waals surface area contributed by atoms with E-state index < -0.39 is 0 Å². The maximum atomic E-state index is 5.15. The van der Waals surface area contributed by atoms with Crippen molar-refractivity contribution in [2.24, 2.45) is 0 Å². The van der Waals surface area contributed by atoms with Crippen molar-refractivity contribution >= 4 is 80.1 Å². The molecule has 0 saturated heterocycles. The lowest BCUT2D eigenvalue weighted by atomic mass is 10.1. The summed E-state index contributed by atoms with van der Waals surface area (Å²) >= 11 is 13.4. The van der Waals surface area contributed by atoms with Crippen LogP contribution in [0, 0.1) is 0 Å². The summed E-state index contributed by atoms with van der Waals surface area (Å²) in [6, 6.07) is 16.4. The Labute approximate surface area is 162 Å². The van der Waals surface area contributed by atoms with Crippen molar-refractivity contribution in [1.82, 2.24) is 0 Å². The van der Waals surface area contributed by atoms with Gasteiger partial charge in [0.05, 0.1) is 0 Å². The number of rotatable bonds is 4. The lowest BCUT2D eigenvalue weighted by Crippen LogP contribution is -2.03. The van der Waals surface area contributed by atoms with Crippen LogP contribution < -0.4 is 10.6 Å². The second kappa shape index (κ2) is 9.84. The molecule has 0 unspecified atom stereocenters. The van der Waals surface area contributed by atoms with Crippen LogP contribution in [0.15, 0.2) is 48.5 Å². The van der Waals surface area contributed by atoms with Crippen molar-refractivity contribution in [3.8, 4) is 0 Å². The zero-order valence-corrected chi connectivity index (χ0v) is 16.7. The monoisotopic (exact) mass is 390 g/mol. The Hall–Kier alpha value is -1.34. The Balaban J connectivity index is 1.97. The lowest BCUT2D eigenvalue weighted by Gasteiger charge is -2.06. The molecule has 2 N–H and O–H groups in total. The van der Waals surface area contributed by atoms with Crippen LogP contribution >= 0.6 is 48.0 Å². The summed E-state index contributed by atoms with van der Waals surface area (Å²) in [5.41, 5.74) is 4.29. The molecule has 0 atom stereocenters. The van der Waals surface area contributed by atoms with E-state index in [0.717, 1.165) is 31.1 Å². The minimum atomic E-state index is 0.771. The van der Waals surface area contributed by atoms with Gasteiger partial charge in [0, 0.05) is 11.4 Å². The van der Waals surface area contributed by atoms with Crippen molar-refractivity contribution < 1.29 is 0 Å². The van der Waals surface area contributed by atoms with Crippen LogP contribution in [-0.4, -0.2) is 21.2 Å². The fourth-order valence-electron chi connectivity index (χ4n) is 1.89. The van der Waals surface area contributed by atoms with Crippen molar-refractivity contribution in [3.63, 3.8) is 0 Å². The fourth-order valence-corrected chi connectivity index (χ4v) is 2.56. The van der Waals surface area contributed by atoms with E-state index in [4.69, 9.17) is 24.4 Å². The molecular formula is C18H18N2S4. The Morgan fingerprint density at radius 3 is 1.33 bits per heavy atom. The van der Waals surface area contributed by atoms with Crippen LogP contribution in [0.5, 0.6) is 0 Å². The molecule has 2 nitrogen and oxygen atoms in total. The minimum Gasteiger partial charge on any atom is -0.341 e. The highest BCUT2D eigenvalue weighted by molar-refractivity contribution is 8.23. The van der Waals surface area contributed by atoms with E-state index in [1.54, 1.807) is 0 Å². The van der Waals surface area contributed by atoms with Gasteiger partial charge in [-0.1, -0.05) is 60.9 Å². The van der Waals surface area contributed by atoms with Gasteiger partial charge in [0.15, 0.2) is 0 Å². The zero-order valence-electron chi connectivity index (χ0n) is 13.4. The largest absolute Gasteiger partial charge is 0.341 e. The first kappa shape index (κ1) is 19.0. The molecule has 2 aromatic rings. The Kier molecular flexibility index (Phi) is 7.78. The number of thiocarbonyl (C=S) groups is 2. The summed E-state index contributed by atoms with van der Waals surface area (Å²) in [5.74, 6) is 0. The maximum Gasteiger partial charge on any atom is 0.137 e. The van der Waals surface area contributed by atoms with Crippen LogP contribution in [0.3, 0.4) is 0 Å². The van der Waals surface area contributed by atoms with Gasteiger partial charge in [-0.3, -0.25) is 0 Å². The number of hydrogen-bond donors (Lipinski definition) is 2. The Bertz CT molecular complexity index is 658. The number of benzene rings is 2. The lowest BCUT2D eigenvalue weighted by molar-refractivity contribution is 1.61. The van der Waals surface area contributed by atoms with Crippen LogP contribution in [0.1, 0.15) is 11.1 Å². The molecule has 0 spiro atoms. The molecule has 24 heavy (non-hydrogen) atoms. The molecular weight excluding hydrogens is 372 g/mol. The number of anilines is 2. The molecule has 0 bridgehead atoms. The summed E-state index contributed by atoms with van der Waals surface area (Å²) in [4.78, 5) is 0. The molecule has 0 heterocycles. The third-order valence-electron chi connectivity index (χ3n) is 3.15. The quantitative estimate of drug-likeness (QED) is 0.492. The van der Waals surface area contributed by atoms with Crippen LogP contribution in [-0.2, 0) is 0 Å². The first-order chi connectivity index (χ1) is 11.6. The molecule has 124 valence electrons. The van der Waals surface area contributed by atoms with Gasteiger partial charge in [-0.05, 0) is 47.9 Å². The number of hydrogen-bond acceptors (Lipinski definition) is 4. The van der Waals surface area contributed by atoms with Gasteiger partial charge in [0.1, 0.15) is 8.64 Å². The fraction of sp³-hybridized carbons (Fsp3) is 0.111. The number of nitrogens with one attached hydrogen (secondary N) is 2. The normalized spacial score (nSPS) is 10.6. The molecule has 0 saturated carbocycles. The topological polar surface area (TPSA) is 24.1 Å². The minimum absolute atomic E-state index is 0.771. The highest BCUT2D eigenvalue weighted by Crippen LogP contribution is 2.16. The third kappa shape index (κ3) is 6.28. The van der Waals surface area contributed by atoms with Gasteiger partial charge in [-0.2, -0.15) is 0 Å². The van der Waals surface area contributed by atoms with E-state index in [1.807, 2.05) is 36.8 Å². The molecule has 0 aromatic heterocycles. The summed E-state index contributed by atoms with van der Waals surface area (Å²) in [5, 5.41) is 6.34. The van der Waals surface area contributed by atoms with Crippen molar-refractivity contribution in [2.75, 3.05) is 23.1 Å². The van der Waals surface area contributed by atoms with Gasteiger partial charge < -0.3 is 10.6 Å². The number of thioether (sulfide) groups is 2. The molecule has 0 radical (unpaired) electrons. The van der Waals surface area contributed by atoms with Crippen LogP contribution in [0.2, 0.25) is 0 Å². The predicted molar refractivity (Wildman–Crippen MR) is 121 cm³/mol. The van der Waals surface area contributed by atoms with Gasteiger partial charge in [0.25, 0.3) is 0 Å². The second-order valence-corrected chi connectivity index (χ2v) is 7.78. The third-order valence-corrected chi connectivity index (χ3v) is 5.30. The van der Waals surface area contributed by atoms with Gasteiger partial charge in [-0.25, -0.2) is 0 Å². The van der Waals surface area contributed by atoms with Gasteiger partial charge >= 0.3 is 0 Å². The summed E-state index contributed by atoms with van der Waals surface area (Å²) in [6.07, 6.45) is 8.10. The van der Waals surface area contributed by atoms with Crippen molar-refractivity contribution in [3.05, 3.63) is 59.7 Å². The first-order valence-electron chi connectivity index (χ1n) is 7.19. The molecule has 0 amide bonds. The van der Waals surface area contributed by atoms with Crippen LogP contribution in [0.25, 0.3) is 12.2 Å². The van der Waals surface area contributed by atoms with E-state index in [1.165, 1.54) is 23.5 Å². The Morgan fingerprint density at radius 2 is 1.04 bits per heavy atom. The van der Waals surface area contributed by atoms with Crippen molar-refractivity contribution in [2.45, 2.75) is 0 Å². The molecule has 0 aliphatic rings. The molecule has 0 aliphatic heterocycles. The summed E-state index contributed by atoms with van der Waals surface area (Å²) < 4.78 is 1.54. The highest BCUT2D eigenvalue weighted by atomic mass is 32.2. The average molecular weight is 391 g/mol. The van der Waals surface area contributed by atoms with E-state index in [0.29, 0.717) is 0 Å². The molecule has 6 heteroatoms. The Morgan fingerprint density at radius 1 is 0.708 bits per heavy atom. The summed E-state index contributed by atoms with van der Waals surface area (Å²) in [6.45, 7) is 0. The average Bonchev–Trinajstić information content (AvgIpc) is 2.62. The standard InChI is InChI=1S/C18H18N2S4/c1-23-17(21)19-15-9-5-13(6-10-15)3-4-14-7-11-16(12-8-14)20-18(22)24-2/h3-12H,1-2H3,(H,19,21)(H,20,22)/b4-3+. The molecule has 0 fully saturated rings. The first-order valence-corrected chi connectivity index (χ1v) is 10.5. The zero-order chi connectivity index (χ0) is 17.4. The van der Waals surface area contributed by atoms with E-state index >= 15 is 0 Å². The smallest absolute Gasteiger partial charge is 0.137 e. The highest BCUT2D eigenvalue weighted by Gasteiger charge is 1.97. The van der Waals surface area contributed by atoms with Gasteiger partial charge in [0.2, 0.25) is 0 Å².